The fourth-order valence-corrected chi connectivity index (χ4v) is 6.62. The molecule has 5 nitrogen and oxygen atoms in total. The topological polar surface area (TPSA) is 45.6 Å². The molecule has 0 unspecified atom stereocenters. The Balaban J connectivity index is 1.26. The number of piperidine rings is 1. The number of amides is 1. The van der Waals surface area contributed by atoms with Gasteiger partial charge in [0.1, 0.15) is 6.54 Å². The van der Waals surface area contributed by atoms with Crippen molar-refractivity contribution in [2.75, 3.05) is 26.2 Å². The molecular formula is C40H38F5N3O2. The van der Waals surface area contributed by atoms with Crippen LogP contribution in [0.15, 0.2) is 102 Å². The highest BCUT2D eigenvalue weighted by Gasteiger charge is 2.30. The monoisotopic (exact) mass is 687 g/mol. The zero-order chi connectivity index (χ0) is 35.3. The van der Waals surface area contributed by atoms with E-state index in [-0.39, 0.29) is 36.3 Å². The molecule has 1 aliphatic rings. The number of likely N-dealkylation sites (tertiary alicyclic amines) is 1. The molecule has 0 N–H and O–H groups in total. The third-order valence-electron chi connectivity index (χ3n) is 9.44. The maximum Gasteiger partial charge on any atom is 0.416 e. The standard InChI is InChI=1S/C40H38F5N3O2/c41-35-9-6-7-31(39(35)42)17-20-33-25-37(49)34-8-2-3-10-36(34)48(33)27-38(50)47(24-23-46-21-4-1-5-22-46)26-28-11-13-29(14-12-28)30-15-18-32(19-16-30)40(43,44)45/h2-3,6-16,18-19,25H,1,4-5,17,20-24,26-27H2. The summed E-state index contributed by atoms with van der Waals surface area (Å²) in [6.45, 7) is 3.35. The van der Waals surface area contributed by atoms with Crippen LogP contribution in [-0.2, 0) is 36.9 Å². The van der Waals surface area contributed by atoms with Crippen molar-refractivity contribution in [2.24, 2.45) is 0 Å². The maximum absolute atomic E-state index is 14.5. The zero-order valence-corrected chi connectivity index (χ0v) is 27.6. The molecule has 0 radical (unpaired) electrons. The second kappa shape index (κ2) is 15.4. The van der Waals surface area contributed by atoms with E-state index in [9.17, 15) is 31.5 Å². The van der Waals surface area contributed by atoms with E-state index in [0.717, 1.165) is 55.3 Å². The second-order valence-corrected chi connectivity index (χ2v) is 12.8. The summed E-state index contributed by atoms with van der Waals surface area (Å²) < 4.78 is 69.4. The number of benzene rings is 4. The number of carbonyl (C=O) groups is 1. The highest BCUT2D eigenvalue weighted by Crippen LogP contribution is 2.31. The molecule has 0 bridgehead atoms. The van der Waals surface area contributed by atoms with Crippen LogP contribution >= 0.6 is 0 Å². The van der Waals surface area contributed by atoms with Gasteiger partial charge in [-0.15, -0.1) is 0 Å². The minimum Gasteiger partial charge on any atom is -0.336 e. The van der Waals surface area contributed by atoms with Crippen molar-refractivity contribution in [3.63, 3.8) is 0 Å². The van der Waals surface area contributed by atoms with Crippen LogP contribution in [0.5, 0.6) is 0 Å². The Kier molecular flexibility index (Phi) is 10.8. The number of halogens is 5. The molecule has 260 valence electrons. The molecule has 1 fully saturated rings. The van der Waals surface area contributed by atoms with Gasteiger partial charge in [0, 0.05) is 36.8 Å². The van der Waals surface area contributed by atoms with Crippen LogP contribution in [0, 0.1) is 11.6 Å². The maximum atomic E-state index is 14.5. The van der Waals surface area contributed by atoms with Crippen LogP contribution in [0.25, 0.3) is 22.0 Å². The number of fused-ring (bicyclic) bond motifs is 1. The van der Waals surface area contributed by atoms with Gasteiger partial charge in [-0.2, -0.15) is 13.2 Å². The average Bonchev–Trinajstić information content (AvgIpc) is 3.12. The van der Waals surface area contributed by atoms with Crippen molar-refractivity contribution >= 4 is 16.8 Å². The summed E-state index contributed by atoms with van der Waals surface area (Å²) in [6.07, 6.45) is -0.650. The van der Waals surface area contributed by atoms with Gasteiger partial charge in [-0.3, -0.25) is 9.59 Å². The van der Waals surface area contributed by atoms with Gasteiger partial charge >= 0.3 is 6.18 Å². The van der Waals surface area contributed by atoms with E-state index in [1.165, 1.54) is 36.8 Å². The number of nitrogens with zero attached hydrogens (tertiary/aromatic N) is 3. The number of pyridine rings is 1. The van der Waals surface area contributed by atoms with Crippen LogP contribution in [0.4, 0.5) is 22.0 Å². The molecular weight excluding hydrogens is 649 g/mol. The lowest BCUT2D eigenvalue weighted by Gasteiger charge is -2.31. The van der Waals surface area contributed by atoms with E-state index in [1.54, 1.807) is 33.7 Å². The normalized spacial score (nSPS) is 13.9. The van der Waals surface area contributed by atoms with Crippen molar-refractivity contribution in [3.05, 3.63) is 141 Å². The average molecular weight is 688 g/mol. The molecule has 6 rings (SSSR count). The number of aryl methyl sites for hydroxylation is 2. The summed E-state index contributed by atoms with van der Waals surface area (Å²) in [6, 6.07) is 25.0. The van der Waals surface area contributed by atoms with Gasteiger partial charge in [-0.25, -0.2) is 8.78 Å². The summed E-state index contributed by atoms with van der Waals surface area (Å²) in [5, 5.41) is 0.458. The van der Waals surface area contributed by atoms with Gasteiger partial charge in [0.2, 0.25) is 5.91 Å². The first-order valence-electron chi connectivity index (χ1n) is 16.9. The number of rotatable bonds is 11. The lowest BCUT2D eigenvalue weighted by molar-refractivity contribution is -0.137. The van der Waals surface area contributed by atoms with Gasteiger partial charge in [-0.1, -0.05) is 67.1 Å². The Hall–Kier alpha value is -4.83. The SMILES string of the molecule is O=C(Cn1c(CCc2cccc(F)c2F)cc(=O)c2ccccc21)N(CCN1CCCCC1)Cc1ccc(-c2ccc(C(F)(F)F)cc2)cc1. The fourth-order valence-electron chi connectivity index (χ4n) is 6.62. The molecule has 1 amide bonds. The number of aromatic nitrogens is 1. The van der Waals surface area contributed by atoms with Gasteiger partial charge in [0.05, 0.1) is 11.1 Å². The third-order valence-corrected chi connectivity index (χ3v) is 9.44. The number of carbonyl (C=O) groups excluding carboxylic acids is 1. The van der Waals surface area contributed by atoms with Crippen molar-refractivity contribution in [1.29, 1.82) is 0 Å². The van der Waals surface area contributed by atoms with Gasteiger partial charge in [-0.05, 0) is 91.4 Å². The van der Waals surface area contributed by atoms with Gasteiger partial charge < -0.3 is 14.4 Å². The quantitative estimate of drug-likeness (QED) is 0.131. The summed E-state index contributed by atoms with van der Waals surface area (Å²) in [5.74, 6) is -2.03. The third kappa shape index (κ3) is 8.30. The summed E-state index contributed by atoms with van der Waals surface area (Å²) in [5.41, 5.74) is 2.66. The molecule has 0 saturated carbocycles. The predicted octanol–water partition coefficient (Wildman–Crippen LogP) is 8.27. The van der Waals surface area contributed by atoms with Gasteiger partial charge in [0.15, 0.2) is 17.1 Å². The first kappa shape index (κ1) is 35.0. The van der Waals surface area contributed by atoms with Gasteiger partial charge in [0.25, 0.3) is 0 Å². The lowest BCUT2D eigenvalue weighted by Crippen LogP contribution is -2.41. The van der Waals surface area contributed by atoms with Crippen LogP contribution in [0.1, 0.15) is 41.6 Å². The number of hydrogen-bond acceptors (Lipinski definition) is 3. The minimum absolute atomic E-state index is 0.0641. The van der Waals surface area contributed by atoms with Crippen molar-refractivity contribution in [1.82, 2.24) is 14.4 Å². The Labute approximate surface area is 287 Å². The van der Waals surface area contributed by atoms with Crippen molar-refractivity contribution in [2.45, 2.75) is 51.4 Å². The van der Waals surface area contributed by atoms with Crippen molar-refractivity contribution < 1.29 is 26.7 Å². The first-order valence-corrected chi connectivity index (χ1v) is 16.9. The van der Waals surface area contributed by atoms with E-state index in [2.05, 4.69) is 4.90 Å². The molecule has 50 heavy (non-hydrogen) atoms. The molecule has 0 atom stereocenters. The first-order chi connectivity index (χ1) is 24.1. The van der Waals surface area contributed by atoms with E-state index in [0.29, 0.717) is 41.8 Å². The van der Waals surface area contributed by atoms with Crippen LogP contribution in [0.3, 0.4) is 0 Å². The van der Waals surface area contributed by atoms with Crippen LogP contribution < -0.4 is 5.43 Å². The minimum atomic E-state index is -4.41. The fraction of sp³-hybridized carbons (Fsp3) is 0.300. The number of para-hydroxylation sites is 1. The van der Waals surface area contributed by atoms with E-state index in [4.69, 9.17) is 0 Å². The Morgan fingerprint density at radius 3 is 2.16 bits per heavy atom. The number of hydrogen-bond donors (Lipinski definition) is 0. The smallest absolute Gasteiger partial charge is 0.336 e. The molecule has 1 aromatic heterocycles. The molecule has 2 heterocycles. The molecule has 1 saturated heterocycles. The lowest BCUT2D eigenvalue weighted by atomic mass is 10.0. The Morgan fingerprint density at radius 2 is 1.46 bits per heavy atom. The Morgan fingerprint density at radius 1 is 0.780 bits per heavy atom. The molecule has 1 aliphatic heterocycles. The molecule has 5 aromatic rings. The predicted molar refractivity (Wildman–Crippen MR) is 185 cm³/mol. The summed E-state index contributed by atoms with van der Waals surface area (Å²) >= 11 is 0. The largest absolute Gasteiger partial charge is 0.416 e. The Bertz CT molecular complexity index is 2000. The van der Waals surface area contributed by atoms with E-state index < -0.39 is 23.4 Å². The highest BCUT2D eigenvalue weighted by atomic mass is 19.4. The highest BCUT2D eigenvalue weighted by molar-refractivity contribution is 5.83. The van der Waals surface area contributed by atoms with E-state index >= 15 is 0 Å². The molecule has 4 aromatic carbocycles. The zero-order valence-electron chi connectivity index (χ0n) is 27.6. The molecule has 0 aliphatic carbocycles. The number of alkyl halides is 3. The van der Waals surface area contributed by atoms with Crippen molar-refractivity contribution in [3.8, 4) is 11.1 Å². The molecule has 0 spiro atoms. The van der Waals surface area contributed by atoms with E-state index in [1.807, 2.05) is 24.3 Å². The summed E-state index contributed by atoms with van der Waals surface area (Å²) in [4.78, 5) is 31.5. The van der Waals surface area contributed by atoms with Crippen LogP contribution in [0.2, 0.25) is 0 Å². The summed E-state index contributed by atoms with van der Waals surface area (Å²) in [7, 11) is 0. The van der Waals surface area contributed by atoms with Crippen LogP contribution in [-0.4, -0.2) is 46.5 Å². The second-order valence-electron chi connectivity index (χ2n) is 12.8. The molecule has 10 heteroatoms.